The summed E-state index contributed by atoms with van der Waals surface area (Å²) >= 11 is 0. The Morgan fingerprint density at radius 3 is 2.60 bits per heavy atom. The van der Waals surface area contributed by atoms with Crippen molar-refractivity contribution in [3.8, 4) is 0 Å². The Bertz CT molecular complexity index is 581. The first-order valence-corrected chi connectivity index (χ1v) is 8.05. The van der Waals surface area contributed by atoms with Crippen LogP contribution in [0.1, 0.15) is 31.2 Å². The second-order valence-electron chi connectivity index (χ2n) is 5.20. The van der Waals surface area contributed by atoms with Crippen LogP contribution in [-0.2, 0) is 10.0 Å². The number of nitrogens with two attached hydrogens (primary N) is 1. The van der Waals surface area contributed by atoms with Gasteiger partial charge in [-0.1, -0.05) is 12.8 Å². The molecule has 1 aromatic carbocycles. The van der Waals surface area contributed by atoms with Crippen molar-refractivity contribution in [2.45, 2.75) is 49.6 Å². The summed E-state index contributed by atoms with van der Waals surface area (Å²) in [6.45, 7) is 1.49. The number of nitrogen functional groups attached to an aromatic ring is 1. The second kappa shape index (κ2) is 5.67. The minimum absolute atomic E-state index is 0.0922. The van der Waals surface area contributed by atoms with E-state index in [1.165, 1.54) is 13.0 Å². The Morgan fingerprint density at radius 2 is 2.00 bits per heavy atom. The molecule has 0 saturated heterocycles. The predicted octanol–water partition coefficient (Wildman–Crippen LogP) is 1.30. The Labute approximate surface area is 118 Å². The van der Waals surface area contributed by atoms with Gasteiger partial charge in [-0.05, 0) is 31.9 Å². The Balaban J connectivity index is 2.26. The molecular weight excluding hydrogens is 283 g/mol. The number of sulfonamides is 1. The third-order valence-electron chi connectivity index (χ3n) is 3.70. The fourth-order valence-corrected chi connectivity index (χ4v) is 3.70. The minimum atomic E-state index is -3.88. The summed E-state index contributed by atoms with van der Waals surface area (Å²) in [6, 6.07) is 1.65. The molecule has 7 heteroatoms. The molecule has 4 N–H and O–H groups in total. The molecule has 0 radical (unpaired) electrons. The van der Waals surface area contributed by atoms with E-state index in [2.05, 4.69) is 4.72 Å². The van der Waals surface area contributed by atoms with Gasteiger partial charge in [0.1, 0.15) is 5.82 Å². The molecule has 0 aromatic heterocycles. The van der Waals surface area contributed by atoms with E-state index >= 15 is 0 Å². The van der Waals surface area contributed by atoms with Gasteiger partial charge in [0.25, 0.3) is 0 Å². The van der Waals surface area contributed by atoms with E-state index < -0.39 is 28.0 Å². The second-order valence-corrected chi connectivity index (χ2v) is 6.91. The van der Waals surface area contributed by atoms with Gasteiger partial charge in [0, 0.05) is 17.3 Å². The SMILES string of the molecule is Cc1c(N)cc(S(=O)(=O)NC2CCCCC2O)cc1F. The average Bonchev–Trinajstić information content (AvgIpc) is 2.38. The van der Waals surface area contributed by atoms with Crippen molar-refractivity contribution in [2.24, 2.45) is 0 Å². The van der Waals surface area contributed by atoms with Crippen molar-refractivity contribution in [3.05, 3.63) is 23.5 Å². The summed E-state index contributed by atoms with van der Waals surface area (Å²) in [5, 5.41) is 9.81. The van der Waals surface area contributed by atoms with E-state index in [9.17, 15) is 17.9 Å². The molecular formula is C13H19FN2O3S. The molecule has 1 saturated carbocycles. The van der Waals surface area contributed by atoms with Crippen LogP contribution in [0.3, 0.4) is 0 Å². The van der Waals surface area contributed by atoms with Gasteiger partial charge in [-0.2, -0.15) is 0 Å². The van der Waals surface area contributed by atoms with Gasteiger partial charge in [-0.25, -0.2) is 17.5 Å². The van der Waals surface area contributed by atoms with Crippen LogP contribution in [0.2, 0.25) is 0 Å². The number of halogens is 1. The van der Waals surface area contributed by atoms with Gasteiger partial charge < -0.3 is 10.8 Å². The quantitative estimate of drug-likeness (QED) is 0.734. The maximum Gasteiger partial charge on any atom is 0.241 e. The number of benzene rings is 1. The highest BCUT2D eigenvalue weighted by Crippen LogP contribution is 2.23. The largest absolute Gasteiger partial charge is 0.398 e. The van der Waals surface area contributed by atoms with E-state index in [0.717, 1.165) is 18.9 Å². The number of hydrogen-bond acceptors (Lipinski definition) is 4. The zero-order valence-electron chi connectivity index (χ0n) is 11.3. The van der Waals surface area contributed by atoms with Gasteiger partial charge in [0.15, 0.2) is 0 Å². The highest BCUT2D eigenvalue weighted by molar-refractivity contribution is 7.89. The van der Waals surface area contributed by atoms with Crippen LogP contribution in [-0.4, -0.2) is 25.7 Å². The van der Waals surface area contributed by atoms with Crippen LogP contribution in [0.5, 0.6) is 0 Å². The summed E-state index contributed by atoms with van der Waals surface area (Å²) in [5.41, 5.74) is 5.91. The van der Waals surface area contributed by atoms with Crippen LogP contribution < -0.4 is 10.5 Å². The smallest absolute Gasteiger partial charge is 0.241 e. The first kappa shape index (κ1) is 15.2. The molecule has 2 atom stereocenters. The zero-order valence-corrected chi connectivity index (χ0v) is 12.1. The van der Waals surface area contributed by atoms with E-state index in [4.69, 9.17) is 5.73 Å². The van der Waals surface area contributed by atoms with Crippen molar-refractivity contribution < 1.29 is 17.9 Å². The number of aliphatic hydroxyl groups is 1. The van der Waals surface area contributed by atoms with E-state index in [-0.39, 0.29) is 16.1 Å². The van der Waals surface area contributed by atoms with Crippen LogP contribution in [0.25, 0.3) is 0 Å². The summed E-state index contributed by atoms with van der Waals surface area (Å²) in [7, 11) is -3.88. The zero-order chi connectivity index (χ0) is 14.9. The molecule has 1 aromatic rings. The summed E-state index contributed by atoms with van der Waals surface area (Å²) in [6.07, 6.45) is 2.17. The highest BCUT2D eigenvalue weighted by atomic mass is 32.2. The molecule has 0 bridgehead atoms. The maximum atomic E-state index is 13.6. The van der Waals surface area contributed by atoms with Crippen molar-refractivity contribution in [1.29, 1.82) is 0 Å². The molecule has 0 amide bonds. The third-order valence-corrected chi connectivity index (χ3v) is 5.17. The molecule has 2 rings (SSSR count). The normalized spacial score (nSPS) is 23.8. The minimum Gasteiger partial charge on any atom is -0.398 e. The third kappa shape index (κ3) is 3.11. The molecule has 112 valence electrons. The number of nitrogens with one attached hydrogen (secondary N) is 1. The first-order valence-electron chi connectivity index (χ1n) is 6.57. The number of hydrogen-bond donors (Lipinski definition) is 3. The number of rotatable bonds is 3. The fraction of sp³-hybridized carbons (Fsp3) is 0.538. The monoisotopic (exact) mass is 302 g/mol. The maximum absolute atomic E-state index is 13.6. The molecule has 0 spiro atoms. The molecule has 20 heavy (non-hydrogen) atoms. The van der Waals surface area contributed by atoms with E-state index in [1.54, 1.807) is 0 Å². The Morgan fingerprint density at radius 1 is 1.35 bits per heavy atom. The molecule has 1 fully saturated rings. The van der Waals surface area contributed by atoms with E-state index in [0.29, 0.717) is 12.8 Å². The number of aliphatic hydroxyl groups excluding tert-OH is 1. The van der Waals surface area contributed by atoms with Gasteiger partial charge in [0.05, 0.1) is 11.0 Å². The standard InChI is InChI=1S/C13H19FN2O3S/c1-8-10(14)6-9(7-11(8)15)20(18,19)16-12-4-2-3-5-13(12)17/h6-7,12-13,16-17H,2-5,15H2,1H3. The van der Waals surface area contributed by atoms with Crippen LogP contribution >= 0.6 is 0 Å². The molecule has 2 unspecified atom stereocenters. The van der Waals surface area contributed by atoms with Crippen LogP contribution in [0.15, 0.2) is 17.0 Å². The molecule has 5 nitrogen and oxygen atoms in total. The summed E-state index contributed by atoms with van der Waals surface area (Å²) < 4.78 is 40.5. The first-order chi connectivity index (χ1) is 9.31. The van der Waals surface area contributed by atoms with Gasteiger partial charge in [-0.3, -0.25) is 0 Å². The van der Waals surface area contributed by atoms with Gasteiger partial charge in [-0.15, -0.1) is 0 Å². The van der Waals surface area contributed by atoms with Gasteiger partial charge >= 0.3 is 0 Å². The Kier molecular flexibility index (Phi) is 4.31. The lowest BCUT2D eigenvalue weighted by Crippen LogP contribution is -2.44. The predicted molar refractivity (Wildman–Crippen MR) is 74.1 cm³/mol. The molecule has 1 aliphatic rings. The van der Waals surface area contributed by atoms with Gasteiger partial charge in [0.2, 0.25) is 10.0 Å². The molecule has 0 heterocycles. The van der Waals surface area contributed by atoms with Crippen molar-refractivity contribution in [2.75, 3.05) is 5.73 Å². The topological polar surface area (TPSA) is 92.4 Å². The van der Waals surface area contributed by atoms with E-state index in [1.807, 2.05) is 0 Å². The van der Waals surface area contributed by atoms with Crippen molar-refractivity contribution in [1.82, 2.24) is 4.72 Å². The molecule has 1 aliphatic carbocycles. The average molecular weight is 302 g/mol. The lowest BCUT2D eigenvalue weighted by Gasteiger charge is -2.28. The summed E-state index contributed by atoms with van der Waals surface area (Å²) in [5.74, 6) is -0.658. The number of anilines is 1. The fourth-order valence-electron chi connectivity index (χ4n) is 2.35. The van der Waals surface area contributed by atoms with Crippen LogP contribution in [0, 0.1) is 12.7 Å². The highest BCUT2D eigenvalue weighted by Gasteiger charge is 2.28. The van der Waals surface area contributed by atoms with Crippen molar-refractivity contribution >= 4 is 15.7 Å². The van der Waals surface area contributed by atoms with Crippen molar-refractivity contribution in [3.63, 3.8) is 0 Å². The lowest BCUT2D eigenvalue weighted by atomic mass is 9.93. The summed E-state index contributed by atoms with van der Waals surface area (Å²) in [4.78, 5) is -0.212. The Hall–Kier alpha value is -1.18. The molecule has 0 aliphatic heterocycles. The van der Waals surface area contributed by atoms with Crippen LogP contribution in [0.4, 0.5) is 10.1 Å². The lowest BCUT2D eigenvalue weighted by molar-refractivity contribution is 0.101.